The van der Waals surface area contributed by atoms with Crippen molar-refractivity contribution < 1.29 is 0 Å². The largest absolute Gasteiger partial charge is 0.253 e. The summed E-state index contributed by atoms with van der Waals surface area (Å²) in [4.78, 5) is 11.0. The quantitative estimate of drug-likeness (QED) is 0.235. The van der Waals surface area contributed by atoms with Crippen LogP contribution in [0.15, 0.2) is 103 Å². The Morgan fingerprint density at radius 2 is 1.38 bits per heavy atom. The van der Waals surface area contributed by atoms with Gasteiger partial charge >= 0.3 is 0 Å². The average molecular weight is 477 g/mol. The molecule has 2 nitrogen and oxygen atoms in total. The van der Waals surface area contributed by atoms with E-state index in [1.165, 1.54) is 26.8 Å². The lowest BCUT2D eigenvalue weighted by atomic mass is 10.1. The van der Waals surface area contributed by atoms with Crippen molar-refractivity contribution in [3.8, 4) is 32.3 Å². The summed E-state index contributed by atoms with van der Waals surface area (Å²) >= 11 is 1.74. The van der Waals surface area contributed by atoms with Crippen LogP contribution in [0.2, 0.25) is 19.6 Å². The van der Waals surface area contributed by atoms with Gasteiger partial charge in [0.15, 0.2) is 0 Å². The standard InChI is InChI=1S/C30H28N2SSi/c1-34(2,3)27-19-26(32-28(20-27)23-12-6-4-7-13-23)18-22-11-10-16-25(17-22)30-31-21-29(33-30)24-14-8-5-9-15-24/h4-17,19-21H,18H2,1-3H3. The normalized spacial score (nSPS) is 11.5. The predicted molar refractivity (Wildman–Crippen MR) is 148 cm³/mol. The minimum absolute atomic E-state index is 0.808. The Morgan fingerprint density at radius 3 is 2.09 bits per heavy atom. The van der Waals surface area contributed by atoms with Crippen molar-refractivity contribution in [1.82, 2.24) is 9.97 Å². The third kappa shape index (κ3) is 5.08. The fourth-order valence-electron chi connectivity index (χ4n) is 4.04. The molecule has 0 amide bonds. The van der Waals surface area contributed by atoms with Crippen molar-refractivity contribution in [3.05, 3.63) is 115 Å². The van der Waals surface area contributed by atoms with Gasteiger partial charge in [-0.15, -0.1) is 11.3 Å². The molecule has 5 rings (SSSR count). The van der Waals surface area contributed by atoms with Crippen molar-refractivity contribution in [2.75, 3.05) is 0 Å². The zero-order chi connectivity index (χ0) is 23.5. The van der Waals surface area contributed by atoms with E-state index in [0.29, 0.717) is 0 Å². The molecule has 0 radical (unpaired) electrons. The summed E-state index contributed by atoms with van der Waals surface area (Å²) in [6, 6.07) is 34.3. The maximum Gasteiger partial charge on any atom is 0.123 e. The monoisotopic (exact) mass is 476 g/mol. The Labute approximate surface area is 207 Å². The van der Waals surface area contributed by atoms with Gasteiger partial charge in [0, 0.05) is 29.4 Å². The molecular formula is C30H28N2SSi. The second-order valence-corrected chi connectivity index (χ2v) is 15.7. The van der Waals surface area contributed by atoms with E-state index in [4.69, 9.17) is 9.97 Å². The van der Waals surface area contributed by atoms with Crippen molar-refractivity contribution in [1.29, 1.82) is 0 Å². The Hall–Kier alpha value is -3.34. The minimum atomic E-state index is -1.49. The zero-order valence-electron chi connectivity index (χ0n) is 19.8. The van der Waals surface area contributed by atoms with E-state index in [1.54, 1.807) is 11.3 Å². The van der Waals surface area contributed by atoms with Gasteiger partial charge in [-0.2, -0.15) is 0 Å². The summed E-state index contributed by atoms with van der Waals surface area (Å²) in [5.74, 6) is 0. The average Bonchev–Trinajstić information content (AvgIpc) is 3.35. The van der Waals surface area contributed by atoms with Gasteiger partial charge in [-0.3, -0.25) is 4.98 Å². The number of aromatic nitrogens is 2. The Kier molecular flexibility index (Phi) is 6.27. The van der Waals surface area contributed by atoms with Gasteiger partial charge in [-0.25, -0.2) is 4.98 Å². The van der Waals surface area contributed by atoms with Crippen molar-refractivity contribution >= 4 is 24.6 Å². The van der Waals surface area contributed by atoms with Gasteiger partial charge in [0.05, 0.1) is 18.6 Å². The second kappa shape index (κ2) is 9.49. The molecule has 0 aliphatic rings. The van der Waals surface area contributed by atoms with E-state index >= 15 is 0 Å². The number of pyridine rings is 1. The summed E-state index contributed by atoms with van der Waals surface area (Å²) in [5, 5.41) is 2.49. The molecule has 0 spiro atoms. The molecule has 3 aromatic carbocycles. The Morgan fingerprint density at radius 1 is 0.706 bits per heavy atom. The second-order valence-electron chi connectivity index (χ2n) is 9.62. The lowest BCUT2D eigenvalue weighted by Gasteiger charge is -2.19. The van der Waals surface area contributed by atoms with E-state index in [0.717, 1.165) is 28.4 Å². The van der Waals surface area contributed by atoms with Crippen LogP contribution in [0.5, 0.6) is 0 Å². The van der Waals surface area contributed by atoms with E-state index in [-0.39, 0.29) is 0 Å². The highest BCUT2D eigenvalue weighted by molar-refractivity contribution is 7.18. The fourth-order valence-corrected chi connectivity index (χ4v) is 6.12. The number of nitrogens with zero attached hydrogens (tertiary/aromatic N) is 2. The third-order valence-electron chi connectivity index (χ3n) is 5.94. The predicted octanol–water partition coefficient (Wildman–Crippen LogP) is 7.68. The number of hydrogen-bond donors (Lipinski definition) is 0. The molecule has 0 unspecified atom stereocenters. The zero-order valence-corrected chi connectivity index (χ0v) is 21.6. The molecule has 4 heteroatoms. The third-order valence-corrected chi connectivity index (χ3v) is 9.05. The van der Waals surface area contributed by atoms with Gasteiger partial charge in [-0.1, -0.05) is 104 Å². The van der Waals surface area contributed by atoms with Crippen LogP contribution in [0.1, 0.15) is 11.3 Å². The first-order valence-electron chi connectivity index (χ1n) is 11.6. The molecule has 168 valence electrons. The summed E-state index contributed by atoms with van der Waals surface area (Å²) in [6.45, 7) is 7.19. The molecule has 0 fully saturated rings. The molecule has 0 saturated heterocycles. The summed E-state index contributed by atoms with van der Waals surface area (Å²) in [6.07, 6.45) is 2.79. The van der Waals surface area contributed by atoms with Gasteiger partial charge in [-0.05, 0) is 29.3 Å². The molecule has 0 aliphatic carbocycles. The number of hydrogen-bond acceptors (Lipinski definition) is 3. The topological polar surface area (TPSA) is 25.8 Å². The van der Waals surface area contributed by atoms with E-state index < -0.39 is 8.07 Å². The molecule has 2 heterocycles. The maximum atomic E-state index is 5.07. The number of rotatable bonds is 6. The first-order chi connectivity index (χ1) is 16.5. The molecule has 0 N–H and O–H groups in total. The van der Waals surface area contributed by atoms with Crippen molar-refractivity contribution in [2.45, 2.75) is 26.1 Å². The molecule has 0 atom stereocenters. The van der Waals surface area contributed by atoms with Crippen LogP contribution in [-0.2, 0) is 6.42 Å². The summed E-state index contributed by atoms with van der Waals surface area (Å²) in [5.41, 5.74) is 7.00. The van der Waals surface area contributed by atoms with Crippen molar-refractivity contribution in [3.63, 3.8) is 0 Å². The highest BCUT2D eigenvalue weighted by Gasteiger charge is 2.19. The summed E-state index contributed by atoms with van der Waals surface area (Å²) in [7, 11) is -1.49. The molecule has 0 saturated carbocycles. The molecule has 0 aliphatic heterocycles. The summed E-state index contributed by atoms with van der Waals surface area (Å²) < 4.78 is 0. The van der Waals surface area contributed by atoms with Crippen LogP contribution in [0.3, 0.4) is 0 Å². The minimum Gasteiger partial charge on any atom is -0.253 e. The lowest BCUT2D eigenvalue weighted by molar-refractivity contribution is 1.08. The van der Waals surface area contributed by atoms with Gasteiger partial charge in [0.25, 0.3) is 0 Å². The van der Waals surface area contributed by atoms with Gasteiger partial charge in [0.2, 0.25) is 0 Å². The smallest absolute Gasteiger partial charge is 0.123 e. The Bertz CT molecular complexity index is 1400. The fraction of sp³-hybridized carbons (Fsp3) is 0.133. The van der Waals surface area contributed by atoms with Crippen LogP contribution >= 0.6 is 11.3 Å². The lowest BCUT2D eigenvalue weighted by Crippen LogP contribution is -2.38. The number of thiazole rings is 1. The van der Waals surface area contributed by atoms with Crippen LogP contribution in [0.4, 0.5) is 0 Å². The van der Waals surface area contributed by atoms with Crippen LogP contribution < -0.4 is 5.19 Å². The maximum absolute atomic E-state index is 5.07. The highest BCUT2D eigenvalue weighted by atomic mass is 32.1. The first kappa shape index (κ1) is 22.4. The molecule has 0 bridgehead atoms. The SMILES string of the molecule is C[Si](C)(C)c1cc(Cc2cccc(-c3ncc(-c4ccccc4)s3)c2)nc(-c2ccccc2)c1. The molecule has 5 aromatic rings. The van der Waals surface area contributed by atoms with E-state index in [9.17, 15) is 0 Å². The van der Waals surface area contributed by atoms with Crippen LogP contribution in [0, 0.1) is 0 Å². The molecule has 2 aromatic heterocycles. The molecular weight excluding hydrogens is 448 g/mol. The van der Waals surface area contributed by atoms with E-state index in [2.05, 4.69) is 111 Å². The van der Waals surface area contributed by atoms with Gasteiger partial charge in [0.1, 0.15) is 5.01 Å². The van der Waals surface area contributed by atoms with Crippen LogP contribution in [0.25, 0.3) is 32.3 Å². The molecule has 34 heavy (non-hydrogen) atoms. The number of benzene rings is 3. The Balaban J connectivity index is 1.46. The van der Waals surface area contributed by atoms with Crippen LogP contribution in [-0.4, -0.2) is 18.0 Å². The first-order valence-corrected chi connectivity index (χ1v) is 15.9. The van der Waals surface area contributed by atoms with Crippen molar-refractivity contribution in [2.24, 2.45) is 0 Å². The highest BCUT2D eigenvalue weighted by Crippen LogP contribution is 2.32. The van der Waals surface area contributed by atoms with E-state index in [1.807, 2.05) is 12.3 Å². The van der Waals surface area contributed by atoms with Gasteiger partial charge < -0.3 is 0 Å².